The molecule has 1 aromatic rings. The zero-order chi connectivity index (χ0) is 11.3. The van der Waals surface area contributed by atoms with Gasteiger partial charge < -0.3 is 14.6 Å². The van der Waals surface area contributed by atoms with Crippen LogP contribution in [0.4, 0.5) is 0 Å². The number of aliphatic carboxylic acids is 1. The van der Waals surface area contributed by atoms with Crippen LogP contribution in [0.1, 0.15) is 5.56 Å². The molecule has 0 aliphatic carbocycles. The topological polar surface area (TPSA) is 55.8 Å². The molecule has 0 bridgehead atoms. The monoisotopic (exact) mass is 248 g/mol. The minimum absolute atomic E-state index is 0. The number of benzene rings is 1. The zero-order valence-electron chi connectivity index (χ0n) is 8.56. The SMILES string of the molecule is COc1ccc(C=CC(=O)O)cc1OC.[KH]. The van der Waals surface area contributed by atoms with E-state index in [4.69, 9.17) is 14.6 Å². The normalized spacial score (nSPS) is 9.62. The average molecular weight is 248 g/mol. The van der Waals surface area contributed by atoms with Crippen molar-refractivity contribution in [1.29, 1.82) is 0 Å². The van der Waals surface area contributed by atoms with Gasteiger partial charge in [0.25, 0.3) is 0 Å². The quantitative estimate of drug-likeness (QED) is 0.641. The molecular weight excluding hydrogens is 235 g/mol. The fourth-order valence-electron chi connectivity index (χ4n) is 1.12. The summed E-state index contributed by atoms with van der Waals surface area (Å²) in [6.07, 6.45) is 2.56. The first kappa shape index (κ1) is 15.7. The fourth-order valence-corrected chi connectivity index (χ4v) is 1.12. The molecule has 0 fully saturated rings. The fraction of sp³-hybridized carbons (Fsp3) is 0.182. The van der Waals surface area contributed by atoms with Crippen LogP contribution in [-0.4, -0.2) is 76.7 Å². The third kappa shape index (κ3) is 4.67. The molecule has 1 aromatic carbocycles. The molecule has 0 aliphatic rings. The molecule has 0 saturated heterocycles. The van der Waals surface area contributed by atoms with Crippen molar-refractivity contribution in [2.45, 2.75) is 0 Å². The Bertz CT molecular complexity index is 388. The first-order valence-electron chi connectivity index (χ1n) is 4.30. The summed E-state index contributed by atoms with van der Waals surface area (Å²) in [6, 6.07) is 5.18. The van der Waals surface area contributed by atoms with Gasteiger partial charge in [-0.1, -0.05) is 6.07 Å². The van der Waals surface area contributed by atoms with Gasteiger partial charge in [-0.15, -0.1) is 0 Å². The predicted molar refractivity (Wildman–Crippen MR) is 63.4 cm³/mol. The Hall–Kier alpha value is -0.334. The van der Waals surface area contributed by atoms with Crippen molar-refractivity contribution in [1.82, 2.24) is 0 Å². The van der Waals surface area contributed by atoms with Crippen LogP contribution in [0, 0.1) is 0 Å². The van der Waals surface area contributed by atoms with Crippen LogP contribution in [0.2, 0.25) is 0 Å². The van der Waals surface area contributed by atoms with Gasteiger partial charge in [0, 0.05) is 6.08 Å². The van der Waals surface area contributed by atoms with E-state index in [1.165, 1.54) is 13.2 Å². The van der Waals surface area contributed by atoms with Gasteiger partial charge in [-0.25, -0.2) is 4.79 Å². The Balaban J connectivity index is 0.00000225. The van der Waals surface area contributed by atoms with Crippen molar-refractivity contribution in [3.63, 3.8) is 0 Å². The van der Waals surface area contributed by atoms with E-state index >= 15 is 0 Å². The van der Waals surface area contributed by atoms with Crippen molar-refractivity contribution >= 4 is 63.4 Å². The van der Waals surface area contributed by atoms with Gasteiger partial charge in [0.2, 0.25) is 0 Å². The first-order chi connectivity index (χ1) is 7.17. The summed E-state index contributed by atoms with van der Waals surface area (Å²) in [6.45, 7) is 0. The molecular formula is C11H13KO4. The van der Waals surface area contributed by atoms with Gasteiger partial charge in [-0.3, -0.25) is 0 Å². The maximum absolute atomic E-state index is 10.3. The zero-order valence-corrected chi connectivity index (χ0v) is 8.56. The summed E-state index contributed by atoms with van der Waals surface area (Å²) in [7, 11) is 3.08. The number of carboxylic acid groups (broad SMARTS) is 1. The number of carbonyl (C=O) groups is 1. The molecule has 0 atom stereocenters. The van der Waals surface area contributed by atoms with Crippen molar-refractivity contribution in [3.8, 4) is 11.5 Å². The summed E-state index contributed by atoms with van der Waals surface area (Å²) < 4.78 is 10.1. The van der Waals surface area contributed by atoms with Crippen LogP contribution in [-0.2, 0) is 4.79 Å². The summed E-state index contributed by atoms with van der Waals surface area (Å²) in [5.74, 6) is 0.208. The Morgan fingerprint density at radius 2 is 1.88 bits per heavy atom. The van der Waals surface area contributed by atoms with Crippen LogP contribution in [0.25, 0.3) is 6.08 Å². The molecule has 0 saturated carbocycles. The van der Waals surface area contributed by atoms with Crippen LogP contribution < -0.4 is 9.47 Å². The number of rotatable bonds is 4. The molecule has 0 aliphatic heterocycles. The van der Waals surface area contributed by atoms with E-state index in [1.54, 1.807) is 25.3 Å². The molecule has 1 N–H and O–H groups in total. The van der Waals surface area contributed by atoms with Gasteiger partial charge in [0.15, 0.2) is 11.5 Å². The van der Waals surface area contributed by atoms with E-state index in [1.807, 2.05) is 0 Å². The number of ether oxygens (including phenoxy) is 2. The van der Waals surface area contributed by atoms with Gasteiger partial charge in [0.05, 0.1) is 14.2 Å². The van der Waals surface area contributed by atoms with E-state index in [-0.39, 0.29) is 51.4 Å². The first-order valence-corrected chi connectivity index (χ1v) is 4.30. The molecule has 0 spiro atoms. The van der Waals surface area contributed by atoms with E-state index in [2.05, 4.69) is 0 Å². The summed E-state index contributed by atoms with van der Waals surface area (Å²) in [4.78, 5) is 10.3. The van der Waals surface area contributed by atoms with Crippen molar-refractivity contribution in [2.24, 2.45) is 0 Å². The molecule has 0 unspecified atom stereocenters. The molecule has 16 heavy (non-hydrogen) atoms. The van der Waals surface area contributed by atoms with Gasteiger partial charge in [-0.05, 0) is 23.8 Å². The Morgan fingerprint density at radius 1 is 1.25 bits per heavy atom. The standard InChI is InChI=1S/C11H12O4.K.H/c1-14-9-5-3-8(4-6-11(12)13)7-10(9)15-2;;/h3-7H,1-2H3,(H,12,13);;. The summed E-state index contributed by atoms with van der Waals surface area (Å²) in [5.41, 5.74) is 0.745. The molecule has 0 amide bonds. The van der Waals surface area contributed by atoms with E-state index in [0.29, 0.717) is 11.5 Å². The molecule has 1 rings (SSSR count). The van der Waals surface area contributed by atoms with Crippen LogP contribution in [0.15, 0.2) is 24.3 Å². The predicted octanol–water partition coefficient (Wildman–Crippen LogP) is 1.15. The minimum atomic E-state index is -0.982. The Kier molecular flexibility index (Phi) is 7.70. The number of methoxy groups -OCH3 is 2. The van der Waals surface area contributed by atoms with Gasteiger partial charge in [0.1, 0.15) is 0 Å². The summed E-state index contributed by atoms with van der Waals surface area (Å²) in [5, 5.41) is 8.46. The molecule has 5 heteroatoms. The van der Waals surface area contributed by atoms with E-state index < -0.39 is 5.97 Å². The molecule has 0 heterocycles. The van der Waals surface area contributed by atoms with Crippen molar-refractivity contribution in [2.75, 3.05) is 14.2 Å². The van der Waals surface area contributed by atoms with Crippen LogP contribution >= 0.6 is 0 Å². The second kappa shape index (κ2) is 7.86. The molecule has 82 valence electrons. The van der Waals surface area contributed by atoms with Crippen LogP contribution in [0.3, 0.4) is 0 Å². The van der Waals surface area contributed by atoms with Crippen LogP contribution in [0.5, 0.6) is 11.5 Å². The van der Waals surface area contributed by atoms with Gasteiger partial charge >= 0.3 is 57.4 Å². The molecule has 0 radical (unpaired) electrons. The molecule has 4 nitrogen and oxygen atoms in total. The Morgan fingerprint density at radius 3 is 2.38 bits per heavy atom. The maximum atomic E-state index is 10.3. The summed E-state index contributed by atoms with van der Waals surface area (Å²) >= 11 is 0. The van der Waals surface area contributed by atoms with Crippen molar-refractivity contribution < 1.29 is 19.4 Å². The van der Waals surface area contributed by atoms with Gasteiger partial charge in [-0.2, -0.15) is 0 Å². The third-order valence-electron chi connectivity index (χ3n) is 1.83. The molecule has 0 aromatic heterocycles. The Labute approximate surface area is 137 Å². The third-order valence-corrected chi connectivity index (χ3v) is 1.83. The van der Waals surface area contributed by atoms with E-state index in [9.17, 15) is 4.79 Å². The average Bonchev–Trinajstić information content (AvgIpc) is 2.25. The van der Waals surface area contributed by atoms with Crippen molar-refractivity contribution in [3.05, 3.63) is 29.8 Å². The number of hydrogen-bond donors (Lipinski definition) is 1. The second-order valence-corrected chi connectivity index (χ2v) is 2.79. The number of carboxylic acids is 1. The number of hydrogen-bond acceptors (Lipinski definition) is 3. The second-order valence-electron chi connectivity index (χ2n) is 2.79. The van der Waals surface area contributed by atoms with E-state index in [0.717, 1.165) is 11.6 Å².